The Morgan fingerprint density at radius 1 is 0.857 bits per heavy atom. The number of carboxylic acid groups (broad SMARTS) is 1. The van der Waals surface area contributed by atoms with Crippen molar-refractivity contribution in [2.75, 3.05) is 6.54 Å². The quantitative estimate of drug-likeness (QED) is 0.837. The first kappa shape index (κ1) is 15.3. The lowest BCUT2D eigenvalue weighted by Gasteiger charge is -2.46. The summed E-state index contributed by atoms with van der Waals surface area (Å²) in [6, 6.07) is 1.13. The van der Waals surface area contributed by atoms with Crippen LogP contribution in [0.5, 0.6) is 0 Å². The molecule has 1 heterocycles. The van der Waals surface area contributed by atoms with Gasteiger partial charge in [0.25, 0.3) is 0 Å². The number of nitrogens with one attached hydrogen (secondary N) is 1. The van der Waals surface area contributed by atoms with Crippen molar-refractivity contribution in [2.45, 2.75) is 94.8 Å². The molecule has 0 aromatic carbocycles. The summed E-state index contributed by atoms with van der Waals surface area (Å²) in [6.07, 6.45) is 14.1. The highest BCUT2D eigenvalue weighted by Gasteiger charge is 2.42. The first-order valence-corrected chi connectivity index (χ1v) is 9.01. The molecule has 120 valence electrons. The predicted molar refractivity (Wildman–Crippen MR) is 83.4 cm³/mol. The molecule has 0 bridgehead atoms. The zero-order chi connectivity index (χ0) is 14.7. The lowest BCUT2D eigenvalue weighted by molar-refractivity contribution is -0.141. The molecule has 0 radical (unpaired) electrons. The SMILES string of the molecule is O=C(O)[C@H]1NCCC1N(C1CCCCC1)C1CCCCC1. The molecule has 2 N–H and O–H groups in total. The standard InChI is InChI=1S/C17H30N2O2/c20-17(21)16-15(11-12-18-16)19(13-7-3-1-4-8-13)14-9-5-2-6-10-14/h13-16,18H,1-12H2,(H,20,21)/t15?,16-/m0/s1. The molecule has 0 aromatic rings. The van der Waals surface area contributed by atoms with Crippen LogP contribution in [-0.4, -0.2) is 46.7 Å². The summed E-state index contributed by atoms with van der Waals surface area (Å²) < 4.78 is 0. The Morgan fingerprint density at radius 2 is 1.38 bits per heavy atom. The van der Waals surface area contributed by atoms with Gasteiger partial charge in [0.2, 0.25) is 0 Å². The topological polar surface area (TPSA) is 52.6 Å². The third-order valence-electron chi connectivity index (χ3n) is 5.83. The largest absolute Gasteiger partial charge is 0.480 e. The molecule has 1 saturated heterocycles. The van der Waals surface area contributed by atoms with Crippen LogP contribution in [0.2, 0.25) is 0 Å². The summed E-state index contributed by atoms with van der Waals surface area (Å²) in [7, 11) is 0. The fraction of sp³-hybridized carbons (Fsp3) is 0.941. The summed E-state index contributed by atoms with van der Waals surface area (Å²) in [4.78, 5) is 14.3. The van der Waals surface area contributed by atoms with Gasteiger partial charge in [-0.05, 0) is 38.6 Å². The Balaban J connectivity index is 1.78. The molecule has 2 aliphatic carbocycles. The van der Waals surface area contributed by atoms with E-state index < -0.39 is 5.97 Å². The summed E-state index contributed by atoms with van der Waals surface area (Å²) in [5, 5.41) is 12.8. The summed E-state index contributed by atoms with van der Waals surface area (Å²) in [5.41, 5.74) is 0. The van der Waals surface area contributed by atoms with E-state index in [1.807, 2.05) is 0 Å². The van der Waals surface area contributed by atoms with E-state index in [1.165, 1.54) is 64.2 Å². The second kappa shape index (κ2) is 7.10. The lowest BCUT2D eigenvalue weighted by Crippen LogP contribution is -2.56. The third-order valence-corrected chi connectivity index (χ3v) is 5.83. The van der Waals surface area contributed by atoms with Crippen LogP contribution in [0, 0.1) is 0 Å². The Morgan fingerprint density at radius 3 is 1.86 bits per heavy atom. The Bertz CT molecular complexity index is 331. The minimum atomic E-state index is -0.658. The fourth-order valence-corrected chi connectivity index (χ4v) is 4.86. The molecular weight excluding hydrogens is 264 g/mol. The minimum absolute atomic E-state index is 0.216. The van der Waals surface area contributed by atoms with E-state index in [1.54, 1.807) is 0 Å². The van der Waals surface area contributed by atoms with E-state index >= 15 is 0 Å². The predicted octanol–water partition coefficient (Wildman–Crippen LogP) is 2.77. The molecule has 0 aromatic heterocycles. The van der Waals surface area contributed by atoms with Gasteiger partial charge in [-0.2, -0.15) is 0 Å². The first-order valence-electron chi connectivity index (χ1n) is 9.01. The van der Waals surface area contributed by atoms with Gasteiger partial charge in [0.15, 0.2) is 0 Å². The molecule has 2 atom stereocenters. The van der Waals surface area contributed by atoms with Crippen LogP contribution in [0.15, 0.2) is 0 Å². The molecule has 0 spiro atoms. The average molecular weight is 294 g/mol. The van der Waals surface area contributed by atoms with E-state index in [-0.39, 0.29) is 12.1 Å². The molecule has 3 aliphatic rings. The number of hydrogen-bond acceptors (Lipinski definition) is 3. The van der Waals surface area contributed by atoms with Crippen molar-refractivity contribution in [3.05, 3.63) is 0 Å². The van der Waals surface area contributed by atoms with E-state index in [0.717, 1.165) is 13.0 Å². The van der Waals surface area contributed by atoms with Gasteiger partial charge in [-0.1, -0.05) is 38.5 Å². The van der Waals surface area contributed by atoms with Gasteiger partial charge in [-0.25, -0.2) is 0 Å². The molecule has 1 unspecified atom stereocenters. The summed E-state index contributed by atoms with van der Waals surface area (Å²) in [6.45, 7) is 0.859. The smallest absolute Gasteiger partial charge is 0.322 e. The van der Waals surface area contributed by atoms with Gasteiger partial charge < -0.3 is 10.4 Å². The van der Waals surface area contributed by atoms with Gasteiger partial charge in [-0.3, -0.25) is 9.69 Å². The van der Waals surface area contributed by atoms with Crippen molar-refractivity contribution in [1.82, 2.24) is 10.2 Å². The zero-order valence-corrected chi connectivity index (χ0v) is 13.1. The minimum Gasteiger partial charge on any atom is -0.480 e. The van der Waals surface area contributed by atoms with Crippen LogP contribution in [0.25, 0.3) is 0 Å². The van der Waals surface area contributed by atoms with Crippen LogP contribution in [0.4, 0.5) is 0 Å². The molecule has 0 amide bonds. The number of rotatable bonds is 4. The van der Waals surface area contributed by atoms with E-state index in [2.05, 4.69) is 10.2 Å². The van der Waals surface area contributed by atoms with Crippen LogP contribution < -0.4 is 5.32 Å². The van der Waals surface area contributed by atoms with Crippen molar-refractivity contribution in [3.8, 4) is 0 Å². The monoisotopic (exact) mass is 294 g/mol. The van der Waals surface area contributed by atoms with Crippen LogP contribution >= 0.6 is 0 Å². The maximum Gasteiger partial charge on any atom is 0.322 e. The van der Waals surface area contributed by atoms with E-state index in [4.69, 9.17) is 0 Å². The second-order valence-corrected chi connectivity index (χ2v) is 7.16. The van der Waals surface area contributed by atoms with Gasteiger partial charge in [0, 0.05) is 18.1 Å². The second-order valence-electron chi connectivity index (χ2n) is 7.16. The number of nitrogens with zero attached hydrogens (tertiary/aromatic N) is 1. The Kier molecular flexibility index (Phi) is 5.17. The molecular formula is C17H30N2O2. The van der Waals surface area contributed by atoms with Gasteiger partial charge in [0.1, 0.15) is 6.04 Å². The normalized spacial score (nSPS) is 32.6. The summed E-state index contributed by atoms with van der Waals surface area (Å²) >= 11 is 0. The van der Waals surface area contributed by atoms with Crippen molar-refractivity contribution >= 4 is 5.97 Å². The van der Waals surface area contributed by atoms with Crippen molar-refractivity contribution in [1.29, 1.82) is 0 Å². The molecule has 4 heteroatoms. The number of aliphatic carboxylic acids is 1. The van der Waals surface area contributed by atoms with Crippen molar-refractivity contribution in [3.63, 3.8) is 0 Å². The molecule has 21 heavy (non-hydrogen) atoms. The molecule has 3 fully saturated rings. The molecule has 2 saturated carbocycles. The van der Waals surface area contributed by atoms with Gasteiger partial charge >= 0.3 is 5.97 Å². The first-order chi connectivity index (χ1) is 10.3. The number of carbonyl (C=O) groups is 1. The fourth-order valence-electron chi connectivity index (χ4n) is 4.86. The van der Waals surface area contributed by atoms with Crippen molar-refractivity contribution in [2.24, 2.45) is 0 Å². The maximum atomic E-state index is 11.6. The average Bonchev–Trinajstić information content (AvgIpc) is 2.99. The van der Waals surface area contributed by atoms with Crippen LogP contribution in [0.3, 0.4) is 0 Å². The summed E-state index contributed by atoms with van der Waals surface area (Å²) in [5.74, 6) is -0.658. The van der Waals surface area contributed by atoms with Crippen LogP contribution in [-0.2, 0) is 4.79 Å². The number of carboxylic acids is 1. The lowest BCUT2D eigenvalue weighted by atomic mass is 9.86. The molecule has 1 aliphatic heterocycles. The third kappa shape index (κ3) is 3.42. The molecule has 3 rings (SSSR count). The van der Waals surface area contributed by atoms with E-state index in [0.29, 0.717) is 12.1 Å². The Hall–Kier alpha value is -0.610. The molecule has 4 nitrogen and oxygen atoms in total. The highest BCUT2D eigenvalue weighted by molar-refractivity contribution is 5.75. The zero-order valence-electron chi connectivity index (χ0n) is 13.1. The van der Waals surface area contributed by atoms with Gasteiger partial charge in [-0.15, -0.1) is 0 Å². The number of hydrogen-bond donors (Lipinski definition) is 2. The van der Waals surface area contributed by atoms with Gasteiger partial charge in [0.05, 0.1) is 0 Å². The maximum absolute atomic E-state index is 11.6. The highest BCUT2D eigenvalue weighted by Crippen LogP contribution is 2.34. The van der Waals surface area contributed by atoms with E-state index in [9.17, 15) is 9.90 Å². The van der Waals surface area contributed by atoms with Crippen molar-refractivity contribution < 1.29 is 9.90 Å². The van der Waals surface area contributed by atoms with Crippen LogP contribution in [0.1, 0.15) is 70.6 Å². The highest BCUT2D eigenvalue weighted by atomic mass is 16.4. The Labute approximate surface area is 128 Å².